The second-order valence-electron chi connectivity index (χ2n) is 3.27. The van der Waals surface area contributed by atoms with Crippen LogP contribution in [-0.4, -0.2) is 41.8 Å². The van der Waals surface area contributed by atoms with Gasteiger partial charge < -0.3 is 15.7 Å². The molecule has 3 N–H and O–H groups in total. The van der Waals surface area contributed by atoms with Crippen molar-refractivity contribution in [3.05, 3.63) is 18.2 Å². The summed E-state index contributed by atoms with van der Waals surface area (Å²) in [5, 5.41) is 14.9. The lowest BCUT2D eigenvalue weighted by Crippen LogP contribution is -2.07. The van der Waals surface area contributed by atoms with Crippen LogP contribution in [0.25, 0.3) is 0 Å². The minimum absolute atomic E-state index is 0.284. The number of hydrogen-bond donors (Lipinski definition) is 3. The fourth-order valence-corrected chi connectivity index (χ4v) is 1.98. The lowest BCUT2D eigenvalue weighted by Gasteiger charge is -2.06. The molecule has 4 nitrogen and oxygen atoms in total. The van der Waals surface area contributed by atoms with Crippen molar-refractivity contribution >= 4 is 23.4 Å². The van der Waals surface area contributed by atoms with Gasteiger partial charge >= 0.3 is 0 Å². The first-order valence-electron chi connectivity index (χ1n) is 5.44. The van der Waals surface area contributed by atoms with Crippen molar-refractivity contribution in [3.8, 4) is 0 Å². The molecule has 0 aliphatic rings. The van der Waals surface area contributed by atoms with Crippen molar-refractivity contribution in [2.45, 2.75) is 6.42 Å². The van der Waals surface area contributed by atoms with Gasteiger partial charge in [-0.05, 0) is 24.3 Å². The summed E-state index contributed by atoms with van der Waals surface area (Å²) in [4.78, 5) is 4.35. The summed E-state index contributed by atoms with van der Waals surface area (Å²) in [6.45, 7) is 1.18. The first kappa shape index (κ1) is 13.1. The van der Waals surface area contributed by atoms with Gasteiger partial charge in [0.05, 0.1) is 0 Å². The quantitative estimate of drug-likeness (QED) is 0.604. The Bertz CT molecular complexity index is 296. The van der Waals surface area contributed by atoms with Gasteiger partial charge in [0.25, 0.3) is 0 Å². The van der Waals surface area contributed by atoms with E-state index in [4.69, 9.17) is 5.11 Å². The van der Waals surface area contributed by atoms with Crippen LogP contribution in [0, 0.1) is 0 Å². The zero-order chi connectivity index (χ0) is 11.6. The molecule has 90 valence electrons. The highest BCUT2D eigenvalue weighted by molar-refractivity contribution is 7.99. The number of aliphatic hydroxyl groups is 1. The van der Waals surface area contributed by atoms with E-state index in [1.54, 1.807) is 0 Å². The molecule has 0 amide bonds. The van der Waals surface area contributed by atoms with Crippen molar-refractivity contribution in [1.29, 1.82) is 0 Å². The van der Waals surface area contributed by atoms with Crippen molar-refractivity contribution in [2.75, 3.05) is 42.3 Å². The molecule has 0 aliphatic carbocycles. The summed E-state index contributed by atoms with van der Waals surface area (Å²) >= 11 is 1.84. The van der Waals surface area contributed by atoms with Gasteiger partial charge in [0.1, 0.15) is 11.6 Å². The van der Waals surface area contributed by atoms with Gasteiger partial charge in [-0.2, -0.15) is 11.8 Å². The Balaban J connectivity index is 2.16. The lowest BCUT2D eigenvalue weighted by atomic mass is 10.4. The van der Waals surface area contributed by atoms with Crippen molar-refractivity contribution in [1.82, 2.24) is 4.98 Å². The molecule has 5 heteroatoms. The summed E-state index contributed by atoms with van der Waals surface area (Å²) in [5.74, 6) is 3.82. The van der Waals surface area contributed by atoms with E-state index in [0.717, 1.165) is 36.1 Å². The summed E-state index contributed by atoms with van der Waals surface area (Å²) < 4.78 is 0. The number of thioether (sulfide) groups is 1. The molecule has 1 aromatic heterocycles. The number of rotatable bonds is 8. The molecule has 1 heterocycles. The van der Waals surface area contributed by atoms with Gasteiger partial charge in [-0.25, -0.2) is 4.98 Å². The Morgan fingerprint density at radius 3 is 2.88 bits per heavy atom. The number of aliphatic hydroxyl groups excluding tert-OH is 1. The SMILES string of the molecule is CNc1cccc(NCCSCCCO)n1. The Morgan fingerprint density at radius 1 is 1.31 bits per heavy atom. The van der Waals surface area contributed by atoms with E-state index in [1.165, 1.54) is 0 Å². The number of anilines is 2. The van der Waals surface area contributed by atoms with Crippen LogP contribution in [0.15, 0.2) is 18.2 Å². The molecular weight excluding hydrogens is 222 g/mol. The highest BCUT2D eigenvalue weighted by atomic mass is 32.2. The van der Waals surface area contributed by atoms with Gasteiger partial charge in [0, 0.05) is 26.0 Å². The highest BCUT2D eigenvalue weighted by Crippen LogP contribution is 2.08. The fraction of sp³-hybridized carbons (Fsp3) is 0.545. The topological polar surface area (TPSA) is 57.2 Å². The molecular formula is C11H19N3OS. The summed E-state index contributed by atoms with van der Waals surface area (Å²) in [6.07, 6.45) is 0.873. The average Bonchev–Trinajstić information content (AvgIpc) is 2.34. The standard InChI is InChI=1S/C11H19N3OS/c1-12-10-4-2-5-11(14-10)13-6-9-16-8-3-7-15/h2,4-5,15H,3,6-9H2,1H3,(H2,12,13,14). The van der Waals surface area contributed by atoms with Crippen LogP contribution in [-0.2, 0) is 0 Å². The minimum Gasteiger partial charge on any atom is -0.396 e. The van der Waals surface area contributed by atoms with Crippen LogP contribution in [0.5, 0.6) is 0 Å². The molecule has 0 bridgehead atoms. The van der Waals surface area contributed by atoms with Crippen LogP contribution in [0.1, 0.15) is 6.42 Å². The molecule has 1 rings (SSSR count). The smallest absolute Gasteiger partial charge is 0.128 e. The lowest BCUT2D eigenvalue weighted by molar-refractivity contribution is 0.296. The highest BCUT2D eigenvalue weighted by Gasteiger charge is 1.95. The Kier molecular flexibility index (Phi) is 6.76. The van der Waals surface area contributed by atoms with Gasteiger partial charge in [-0.3, -0.25) is 0 Å². The van der Waals surface area contributed by atoms with Crippen LogP contribution < -0.4 is 10.6 Å². The number of aromatic nitrogens is 1. The monoisotopic (exact) mass is 241 g/mol. The normalized spacial score (nSPS) is 10.1. The van der Waals surface area contributed by atoms with Crippen molar-refractivity contribution in [3.63, 3.8) is 0 Å². The first-order valence-corrected chi connectivity index (χ1v) is 6.59. The number of pyridine rings is 1. The van der Waals surface area contributed by atoms with Crippen LogP contribution >= 0.6 is 11.8 Å². The van der Waals surface area contributed by atoms with E-state index < -0.39 is 0 Å². The molecule has 0 saturated heterocycles. The molecule has 0 atom stereocenters. The maximum Gasteiger partial charge on any atom is 0.128 e. The molecule has 0 radical (unpaired) electrons. The summed E-state index contributed by atoms with van der Waals surface area (Å²) in [6, 6.07) is 5.86. The predicted octanol–water partition coefficient (Wildman–Crippen LogP) is 1.65. The van der Waals surface area contributed by atoms with E-state index in [2.05, 4.69) is 15.6 Å². The molecule has 1 aromatic rings. The van der Waals surface area contributed by atoms with E-state index in [1.807, 2.05) is 37.0 Å². The molecule has 0 fully saturated rings. The van der Waals surface area contributed by atoms with Gasteiger partial charge in [0.2, 0.25) is 0 Å². The van der Waals surface area contributed by atoms with Crippen molar-refractivity contribution in [2.24, 2.45) is 0 Å². The zero-order valence-corrected chi connectivity index (χ0v) is 10.4. The second kappa shape index (κ2) is 8.24. The van der Waals surface area contributed by atoms with E-state index in [9.17, 15) is 0 Å². The van der Waals surface area contributed by atoms with E-state index in [0.29, 0.717) is 0 Å². The maximum atomic E-state index is 8.61. The van der Waals surface area contributed by atoms with Gasteiger partial charge in [-0.1, -0.05) is 6.07 Å². The first-order chi connectivity index (χ1) is 7.86. The fourth-order valence-electron chi connectivity index (χ4n) is 1.19. The maximum absolute atomic E-state index is 8.61. The van der Waals surface area contributed by atoms with Crippen molar-refractivity contribution < 1.29 is 5.11 Å². The molecule has 16 heavy (non-hydrogen) atoms. The third-order valence-electron chi connectivity index (χ3n) is 2.00. The third kappa shape index (κ3) is 5.23. The molecule has 0 aliphatic heterocycles. The van der Waals surface area contributed by atoms with Crippen LogP contribution in [0.4, 0.5) is 11.6 Å². The predicted molar refractivity (Wildman–Crippen MR) is 71.3 cm³/mol. The number of nitrogens with one attached hydrogen (secondary N) is 2. The average molecular weight is 241 g/mol. The summed E-state index contributed by atoms with van der Waals surface area (Å²) in [7, 11) is 1.86. The van der Waals surface area contributed by atoms with Gasteiger partial charge in [-0.15, -0.1) is 0 Å². The van der Waals surface area contributed by atoms with Gasteiger partial charge in [0.15, 0.2) is 0 Å². The Labute approximate surface area is 101 Å². The molecule has 0 saturated carbocycles. The van der Waals surface area contributed by atoms with Crippen LogP contribution in [0.2, 0.25) is 0 Å². The molecule has 0 aromatic carbocycles. The molecule has 0 spiro atoms. The number of hydrogen-bond acceptors (Lipinski definition) is 5. The van der Waals surface area contributed by atoms with E-state index >= 15 is 0 Å². The van der Waals surface area contributed by atoms with E-state index in [-0.39, 0.29) is 6.61 Å². The zero-order valence-electron chi connectivity index (χ0n) is 9.57. The number of nitrogens with zero attached hydrogens (tertiary/aromatic N) is 1. The third-order valence-corrected chi connectivity index (χ3v) is 3.07. The second-order valence-corrected chi connectivity index (χ2v) is 4.50. The summed E-state index contributed by atoms with van der Waals surface area (Å²) in [5.41, 5.74) is 0. The van der Waals surface area contributed by atoms with Crippen LogP contribution in [0.3, 0.4) is 0 Å². The minimum atomic E-state index is 0.284. The Morgan fingerprint density at radius 2 is 2.12 bits per heavy atom. The Hall–Kier alpha value is -0.940. The largest absolute Gasteiger partial charge is 0.396 e. The molecule has 0 unspecified atom stereocenters.